The van der Waals surface area contributed by atoms with E-state index in [-0.39, 0.29) is 5.82 Å². The van der Waals surface area contributed by atoms with Crippen LogP contribution in [0.1, 0.15) is 23.8 Å². The molecule has 2 heterocycles. The van der Waals surface area contributed by atoms with Crippen molar-refractivity contribution in [1.82, 2.24) is 9.88 Å². The number of aromatic nitrogens is 1. The van der Waals surface area contributed by atoms with Crippen molar-refractivity contribution in [2.24, 2.45) is 0 Å². The van der Waals surface area contributed by atoms with E-state index in [0.29, 0.717) is 6.54 Å². The molecule has 1 aromatic carbocycles. The molecule has 124 valence electrons. The van der Waals surface area contributed by atoms with E-state index in [1.807, 2.05) is 6.92 Å². The fourth-order valence-corrected chi connectivity index (χ4v) is 3.72. The molecule has 1 aromatic heterocycles. The summed E-state index contributed by atoms with van der Waals surface area (Å²) in [6.45, 7) is 6.37. The van der Waals surface area contributed by atoms with Gasteiger partial charge in [0.15, 0.2) is 5.13 Å². The number of hydrogen-bond donors (Lipinski definition) is 1. The van der Waals surface area contributed by atoms with Gasteiger partial charge in [-0.25, -0.2) is 9.37 Å². The van der Waals surface area contributed by atoms with Crippen LogP contribution >= 0.6 is 11.3 Å². The van der Waals surface area contributed by atoms with Gasteiger partial charge in [0, 0.05) is 38.1 Å². The quantitative estimate of drug-likeness (QED) is 0.933. The largest absolute Gasteiger partial charge is 0.387 e. The number of aliphatic hydroxyl groups is 1. The Morgan fingerprint density at radius 1 is 1.22 bits per heavy atom. The molecule has 0 amide bonds. The molecular formula is C17H22FN3OS. The van der Waals surface area contributed by atoms with Crippen LogP contribution in [0.5, 0.6) is 0 Å². The first kappa shape index (κ1) is 16.4. The molecule has 1 fully saturated rings. The predicted molar refractivity (Wildman–Crippen MR) is 91.5 cm³/mol. The Bertz CT molecular complexity index is 631. The van der Waals surface area contributed by atoms with Crippen LogP contribution in [0.25, 0.3) is 0 Å². The zero-order chi connectivity index (χ0) is 16.2. The summed E-state index contributed by atoms with van der Waals surface area (Å²) in [7, 11) is 0. The Morgan fingerprint density at radius 3 is 2.70 bits per heavy atom. The summed E-state index contributed by atoms with van der Waals surface area (Å²) in [5.41, 5.74) is 1.83. The van der Waals surface area contributed by atoms with Gasteiger partial charge in [-0.1, -0.05) is 12.1 Å². The van der Waals surface area contributed by atoms with Gasteiger partial charge in [-0.2, -0.15) is 0 Å². The van der Waals surface area contributed by atoms with Gasteiger partial charge in [-0.05, 0) is 31.0 Å². The lowest BCUT2D eigenvalue weighted by Gasteiger charge is -2.24. The molecule has 23 heavy (non-hydrogen) atoms. The second kappa shape index (κ2) is 7.38. The van der Waals surface area contributed by atoms with Gasteiger partial charge < -0.3 is 10.0 Å². The van der Waals surface area contributed by atoms with Crippen LogP contribution in [0.2, 0.25) is 0 Å². The van der Waals surface area contributed by atoms with Crippen molar-refractivity contribution < 1.29 is 9.50 Å². The third-order valence-electron chi connectivity index (χ3n) is 4.15. The Morgan fingerprint density at radius 2 is 2.00 bits per heavy atom. The molecular weight excluding hydrogens is 313 g/mol. The first-order valence-electron chi connectivity index (χ1n) is 7.95. The average Bonchev–Trinajstić information content (AvgIpc) is 2.83. The molecule has 3 rings (SSSR count). The first-order valence-corrected chi connectivity index (χ1v) is 8.83. The fraction of sp³-hybridized carbons (Fsp3) is 0.471. The van der Waals surface area contributed by atoms with Crippen molar-refractivity contribution >= 4 is 16.5 Å². The monoisotopic (exact) mass is 335 g/mol. The zero-order valence-corrected chi connectivity index (χ0v) is 14.1. The van der Waals surface area contributed by atoms with Crippen LogP contribution in [0, 0.1) is 12.7 Å². The van der Waals surface area contributed by atoms with Gasteiger partial charge in [0.1, 0.15) is 5.82 Å². The number of β-amino-alcohol motifs (C(OH)–C–C–N with tert-alkyl or cyclic N) is 1. The van der Waals surface area contributed by atoms with Crippen molar-refractivity contribution in [3.63, 3.8) is 0 Å². The highest BCUT2D eigenvalue weighted by molar-refractivity contribution is 7.13. The second-order valence-corrected chi connectivity index (χ2v) is 6.82. The maximum absolute atomic E-state index is 13.0. The van der Waals surface area contributed by atoms with Gasteiger partial charge >= 0.3 is 0 Å². The molecule has 0 bridgehead atoms. The lowest BCUT2D eigenvalue weighted by Crippen LogP contribution is -2.33. The molecule has 0 unspecified atom stereocenters. The molecule has 0 spiro atoms. The maximum Gasteiger partial charge on any atom is 0.185 e. The molecule has 0 saturated carbocycles. The zero-order valence-electron chi connectivity index (χ0n) is 13.3. The Hall–Kier alpha value is -1.50. The predicted octanol–water partition coefficient (Wildman–Crippen LogP) is 2.84. The highest BCUT2D eigenvalue weighted by atomic mass is 32.1. The molecule has 6 heteroatoms. The van der Waals surface area contributed by atoms with Crippen molar-refractivity contribution in [3.8, 4) is 0 Å². The smallest absolute Gasteiger partial charge is 0.185 e. The van der Waals surface area contributed by atoms with E-state index in [4.69, 9.17) is 0 Å². The summed E-state index contributed by atoms with van der Waals surface area (Å²) in [5, 5.41) is 13.5. The standard InChI is InChI=1S/C17H22FN3OS/c1-13-12-23-17(19-13)21-8-2-7-20(9-10-21)11-16(22)14-3-5-15(18)6-4-14/h3-6,12,16,22H,2,7-11H2,1H3/t16-/m1/s1. The number of aryl methyl sites for hydroxylation is 1. The number of thiazole rings is 1. The Labute approximate surface area is 140 Å². The van der Waals surface area contributed by atoms with Crippen molar-refractivity contribution in [2.45, 2.75) is 19.4 Å². The molecule has 1 aliphatic heterocycles. The third-order valence-corrected chi connectivity index (χ3v) is 5.17. The number of hydrogen-bond acceptors (Lipinski definition) is 5. The summed E-state index contributed by atoms with van der Waals surface area (Å²) in [6.07, 6.45) is 0.471. The van der Waals surface area contributed by atoms with Crippen LogP contribution < -0.4 is 4.90 Å². The van der Waals surface area contributed by atoms with Gasteiger partial charge in [-0.15, -0.1) is 11.3 Å². The highest BCUT2D eigenvalue weighted by Crippen LogP contribution is 2.22. The average molecular weight is 335 g/mol. The van der Waals surface area contributed by atoms with Gasteiger partial charge in [-0.3, -0.25) is 4.90 Å². The van der Waals surface area contributed by atoms with Crippen LogP contribution in [0.4, 0.5) is 9.52 Å². The van der Waals surface area contributed by atoms with E-state index in [9.17, 15) is 9.50 Å². The molecule has 2 aromatic rings. The molecule has 0 aliphatic carbocycles. The van der Waals surface area contributed by atoms with Crippen LogP contribution in [0.15, 0.2) is 29.6 Å². The normalized spacial score (nSPS) is 18.0. The van der Waals surface area contributed by atoms with Gasteiger partial charge in [0.05, 0.1) is 11.8 Å². The van der Waals surface area contributed by atoms with Gasteiger partial charge in [0.2, 0.25) is 0 Å². The molecule has 1 aliphatic rings. The van der Waals surface area contributed by atoms with Crippen LogP contribution in [0.3, 0.4) is 0 Å². The van der Waals surface area contributed by atoms with E-state index >= 15 is 0 Å². The van der Waals surface area contributed by atoms with E-state index in [2.05, 4.69) is 20.2 Å². The molecule has 1 N–H and O–H groups in total. The number of nitrogens with zero attached hydrogens (tertiary/aromatic N) is 3. The molecule has 0 radical (unpaired) electrons. The number of aliphatic hydroxyl groups excluding tert-OH is 1. The number of rotatable bonds is 4. The minimum absolute atomic E-state index is 0.273. The third kappa shape index (κ3) is 4.28. The summed E-state index contributed by atoms with van der Waals surface area (Å²) >= 11 is 1.69. The van der Waals surface area contributed by atoms with Crippen LogP contribution in [-0.4, -0.2) is 47.7 Å². The Kier molecular flexibility index (Phi) is 5.25. The highest BCUT2D eigenvalue weighted by Gasteiger charge is 2.19. The summed E-state index contributed by atoms with van der Waals surface area (Å²) in [5.74, 6) is -0.273. The minimum atomic E-state index is -0.579. The summed E-state index contributed by atoms with van der Waals surface area (Å²) < 4.78 is 13.0. The van der Waals surface area contributed by atoms with E-state index in [0.717, 1.165) is 49.0 Å². The van der Waals surface area contributed by atoms with Crippen molar-refractivity contribution in [1.29, 1.82) is 0 Å². The lowest BCUT2D eigenvalue weighted by atomic mass is 10.1. The maximum atomic E-state index is 13.0. The topological polar surface area (TPSA) is 39.6 Å². The SMILES string of the molecule is Cc1csc(N2CCCN(C[C@@H](O)c3ccc(F)cc3)CC2)n1. The second-order valence-electron chi connectivity index (χ2n) is 5.98. The van der Waals surface area contributed by atoms with Gasteiger partial charge in [0.25, 0.3) is 0 Å². The van der Waals surface area contributed by atoms with E-state index < -0.39 is 6.10 Å². The minimum Gasteiger partial charge on any atom is -0.387 e. The number of anilines is 1. The summed E-state index contributed by atoms with van der Waals surface area (Å²) in [6, 6.07) is 6.10. The lowest BCUT2D eigenvalue weighted by molar-refractivity contribution is 0.117. The molecule has 1 saturated heterocycles. The van der Waals surface area contributed by atoms with Crippen molar-refractivity contribution in [2.75, 3.05) is 37.6 Å². The van der Waals surface area contributed by atoms with E-state index in [1.165, 1.54) is 12.1 Å². The first-order chi connectivity index (χ1) is 11.1. The number of benzene rings is 1. The van der Waals surface area contributed by atoms with E-state index in [1.54, 1.807) is 23.5 Å². The number of halogens is 1. The van der Waals surface area contributed by atoms with Crippen molar-refractivity contribution in [3.05, 3.63) is 46.7 Å². The molecule has 1 atom stereocenters. The van der Waals surface area contributed by atoms with Crippen LogP contribution in [-0.2, 0) is 0 Å². The molecule has 4 nitrogen and oxygen atoms in total. The fourth-order valence-electron chi connectivity index (χ4n) is 2.87. The summed E-state index contributed by atoms with van der Waals surface area (Å²) in [4.78, 5) is 9.15. The Balaban J connectivity index is 1.56.